The maximum atomic E-state index is 15.3. The van der Waals surface area contributed by atoms with Crippen molar-refractivity contribution < 1.29 is 34.1 Å². The van der Waals surface area contributed by atoms with Crippen LogP contribution in [0.25, 0.3) is 0 Å². The van der Waals surface area contributed by atoms with Gasteiger partial charge in [0, 0.05) is 37.2 Å². The number of nitro groups is 2. The molecular formula is C41H35ClN6O9. The summed E-state index contributed by atoms with van der Waals surface area (Å²) in [6, 6.07) is 22.3. The lowest BCUT2D eigenvalue weighted by atomic mass is 9.49. The fraction of sp³-hybridized carbons (Fsp3) is 0.268. The lowest BCUT2D eigenvalue weighted by Crippen LogP contribution is -2.53. The van der Waals surface area contributed by atoms with E-state index >= 15 is 4.79 Å². The number of nitro benzene ring substituents is 2. The van der Waals surface area contributed by atoms with Crippen LogP contribution in [0.5, 0.6) is 5.75 Å². The van der Waals surface area contributed by atoms with E-state index in [4.69, 9.17) is 11.6 Å². The van der Waals surface area contributed by atoms with Gasteiger partial charge in [-0.15, -0.1) is 0 Å². The van der Waals surface area contributed by atoms with Crippen LogP contribution in [0, 0.1) is 50.8 Å². The number of hydrazine groups is 1. The van der Waals surface area contributed by atoms with Crippen LogP contribution in [-0.2, 0) is 24.6 Å². The molecule has 6 atom stereocenters. The van der Waals surface area contributed by atoms with Crippen LogP contribution in [-0.4, -0.2) is 57.7 Å². The predicted octanol–water partition coefficient (Wildman–Crippen LogP) is 6.43. The molecule has 1 saturated carbocycles. The summed E-state index contributed by atoms with van der Waals surface area (Å²) in [5, 5.41) is 36.0. The number of benzene rings is 4. The second-order valence-corrected chi connectivity index (χ2v) is 15.5. The lowest BCUT2D eigenvalue weighted by molar-refractivity contribution is -0.392. The first-order valence-corrected chi connectivity index (χ1v) is 18.5. The highest BCUT2D eigenvalue weighted by molar-refractivity contribution is 6.31. The number of hydrogen-bond acceptors (Lipinski definition) is 11. The molecule has 4 aromatic rings. The van der Waals surface area contributed by atoms with Crippen LogP contribution in [0.4, 0.5) is 28.4 Å². The summed E-state index contributed by atoms with van der Waals surface area (Å²) in [7, 11) is 2.81. The Bertz CT molecular complexity index is 2420. The van der Waals surface area contributed by atoms with E-state index in [-0.39, 0.29) is 35.0 Å². The van der Waals surface area contributed by atoms with Crippen LogP contribution < -0.4 is 15.2 Å². The zero-order valence-electron chi connectivity index (χ0n) is 30.8. The zero-order valence-corrected chi connectivity index (χ0v) is 31.5. The number of nitrogens with one attached hydrogen (secondary N) is 1. The van der Waals surface area contributed by atoms with Gasteiger partial charge < -0.3 is 10.0 Å². The Labute approximate surface area is 330 Å². The van der Waals surface area contributed by atoms with Crippen molar-refractivity contribution in [3.63, 3.8) is 0 Å². The number of phenolic OH excluding ortho intramolecular Hbond substituents is 1. The number of carbonyl (C=O) groups excluding carboxylic acids is 4. The minimum Gasteiger partial charge on any atom is -0.508 e. The molecule has 2 saturated heterocycles. The molecule has 0 radical (unpaired) electrons. The Morgan fingerprint density at radius 3 is 2.11 bits per heavy atom. The Hall–Kier alpha value is -6.61. The fourth-order valence-corrected chi connectivity index (χ4v) is 9.84. The first-order chi connectivity index (χ1) is 27.2. The number of amides is 4. The van der Waals surface area contributed by atoms with Gasteiger partial charge in [0.2, 0.25) is 11.8 Å². The minimum absolute atomic E-state index is 0.0206. The second-order valence-electron chi connectivity index (χ2n) is 15.1. The molecule has 8 rings (SSSR count). The molecule has 2 N–H and O–H groups in total. The van der Waals surface area contributed by atoms with E-state index in [1.807, 2.05) is 25.1 Å². The fourth-order valence-electron chi connectivity index (χ4n) is 9.55. The van der Waals surface area contributed by atoms with Gasteiger partial charge in [0.05, 0.1) is 44.4 Å². The van der Waals surface area contributed by atoms with Crippen molar-refractivity contribution in [2.45, 2.75) is 31.1 Å². The van der Waals surface area contributed by atoms with Crippen LogP contribution in [0.1, 0.15) is 35.4 Å². The molecule has 3 fully saturated rings. The van der Waals surface area contributed by atoms with Gasteiger partial charge in [-0.05, 0) is 61.1 Å². The summed E-state index contributed by atoms with van der Waals surface area (Å²) in [6.45, 7) is 1.90. The van der Waals surface area contributed by atoms with E-state index in [1.165, 1.54) is 31.1 Å². The average Bonchev–Trinajstić information content (AvgIpc) is 3.56. The average molecular weight is 791 g/mol. The van der Waals surface area contributed by atoms with Crippen molar-refractivity contribution >= 4 is 63.7 Å². The van der Waals surface area contributed by atoms with E-state index in [2.05, 4.69) is 5.43 Å². The highest BCUT2D eigenvalue weighted by atomic mass is 35.5. The highest BCUT2D eigenvalue weighted by Gasteiger charge is 2.70. The summed E-state index contributed by atoms with van der Waals surface area (Å²) in [4.78, 5) is 84.0. The van der Waals surface area contributed by atoms with Crippen molar-refractivity contribution in [3.05, 3.63) is 139 Å². The maximum Gasteiger partial charge on any atom is 0.301 e. The quantitative estimate of drug-likeness (QED) is 0.0864. The Morgan fingerprint density at radius 1 is 0.860 bits per heavy atom. The molecule has 15 nitrogen and oxygen atoms in total. The van der Waals surface area contributed by atoms with E-state index in [0.29, 0.717) is 22.4 Å². The summed E-state index contributed by atoms with van der Waals surface area (Å²) in [5.74, 6) is -7.66. The highest BCUT2D eigenvalue weighted by Crippen LogP contribution is 2.65. The number of imide groups is 2. The third-order valence-corrected chi connectivity index (χ3v) is 12.2. The molecule has 4 aliphatic rings. The number of allylic oxidation sites excluding steroid dienone is 2. The molecule has 0 aromatic heterocycles. The Balaban J connectivity index is 1.30. The van der Waals surface area contributed by atoms with Gasteiger partial charge in [-0.25, -0.2) is 4.90 Å². The molecule has 16 heteroatoms. The number of rotatable bonds is 8. The summed E-state index contributed by atoms with van der Waals surface area (Å²) in [6.07, 6.45) is 1.79. The first-order valence-electron chi connectivity index (χ1n) is 18.1. The van der Waals surface area contributed by atoms with E-state index in [0.717, 1.165) is 27.6 Å². The van der Waals surface area contributed by atoms with Crippen molar-refractivity contribution in [2.24, 2.45) is 23.7 Å². The molecule has 4 aromatic carbocycles. The van der Waals surface area contributed by atoms with Crippen molar-refractivity contribution in [2.75, 3.05) is 29.3 Å². The number of anilines is 3. The van der Waals surface area contributed by atoms with Gasteiger partial charge in [0.25, 0.3) is 11.8 Å². The molecule has 57 heavy (non-hydrogen) atoms. The maximum absolute atomic E-state index is 15.3. The molecule has 2 aliphatic carbocycles. The molecule has 6 unspecified atom stereocenters. The lowest BCUT2D eigenvalue weighted by Gasteiger charge is -2.50. The molecule has 2 aliphatic heterocycles. The summed E-state index contributed by atoms with van der Waals surface area (Å²) in [5.41, 5.74) is 2.43. The van der Waals surface area contributed by atoms with Crippen molar-refractivity contribution in [1.29, 1.82) is 0 Å². The van der Waals surface area contributed by atoms with E-state index < -0.39 is 79.9 Å². The number of phenols is 1. The van der Waals surface area contributed by atoms with Crippen molar-refractivity contribution in [3.8, 4) is 5.75 Å². The number of aryl methyl sites for hydroxylation is 1. The number of carbonyl (C=O) groups is 4. The number of aromatic hydroxyl groups is 1. The molecule has 2 heterocycles. The van der Waals surface area contributed by atoms with Gasteiger partial charge >= 0.3 is 11.4 Å². The normalized spacial score (nSPS) is 25.1. The summed E-state index contributed by atoms with van der Waals surface area (Å²) < 4.78 is 0. The molecule has 0 spiro atoms. The predicted molar refractivity (Wildman–Crippen MR) is 208 cm³/mol. The van der Waals surface area contributed by atoms with Crippen LogP contribution in [0.15, 0.2) is 96.6 Å². The van der Waals surface area contributed by atoms with E-state index in [9.17, 15) is 39.7 Å². The minimum atomic E-state index is -1.61. The Morgan fingerprint density at radius 2 is 1.51 bits per heavy atom. The zero-order chi connectivity index (χ0) is 40.7. The summed E-state index contributed by atoms with van der Waals surface area (Å²) >= 11 is 6.93. The molecule has 290 valence electrons. The smallest absolute Gasteiger partial charge is 0.301 e. The van der Waals surface area contributed by atoms with Gasteiger partial charge in [-0.1, -0.05) is 77.3 Å². The largest absolute Gasteiger partial charge is 0.508 e. The third kappa shape index (κ3) is 5.55. The number of nitrogens with zero attached hydrogens (tertiary/aromatic N) is 5. The van der Waals surface area contributed by atoms with Gasteiger partial charge in [0.1, 0.15) is 5.75 Å². The number of hydrogen-bond donors (Lipinski definition) is 2. The van der Waals surface area contributed by atoms with Crippen LogP contribution >= 0.6 is 11.6 Å². The SMILES string of the molecule is Cc1ccc(NN2C(=O)C3CC4C(=CCC5C(=O)N(c6cc([N+](=O)[O-])c(N(C)C)c([N+](=O)[O-])c6)C(=O)C54)C(c4ccc(O)cc4Cl)C3(c3ccccc3)C2=O)cc1. The van der Waals surface area contributed by atoms with Crippen LogP contribution in [0.3, 0.4) is 0 Å². The topological polar surface area (TPSA) is 197 Å². The standard InChI is InChI=1S/C41H35ClN6O9/c1-21-9-11-23(12-10-21)43-46-38(51)30-20-29-26(35(27-14-13-25(49)19-31(27)42)41(30,40(46)53)22-7-5-4-6-8-22)15-16-28-34(29)39(52)45(37(28)50)24-17-32(47(54)55)36(44(2)3)33(18-24)48(56)57/h4-15,17-19,28-30,34-35,43,49H,16,20H2,1-3H3. The van der Waals surface area contributed by atoms with Crippen LogP contribution in [0.2, 0.25) is 5.02 Å². The first kappa shape index (κ1) is 37.3. The molecular weight excluding hydrogens is 756 g/mol. The second kappa shape index (κ2) is 13.5. The van der Waals surface area contributed by atoms with Crippen molar-refractivity contribution in [1.82, 2.24) is 5.01 Å². The third-order valence-electron chi connectivity index (χ3n) is 11.8. The van der Waals surface area contributed by atoms with Gasteiger partial charge in [0.15, 0.2) is 5.69 Å². The van der Waals surface area contributed by atoms with Gasteiger partial charge in [-0.2, -0.15) is 5.01 Å². The van der Waals surface area contributed by atoms with Gasteiger partial charge in [-0.3, -0.25) is 44.8 Å². The Kier molecular flexibility index (Phi) is 8.87. The monoisotopic (exact) mass is 790 g/mol. The molecule has 4 amide bonds. The van der Waals surface area contributed by atoms with E-state index in [1.54, 1.807) is 48.5 Å². The molecule has 0 bridgehead atoms. The number of fused-ring (bicyclic) bond motifs is 4. The number of halogens is 1.